The maximum absolute atomic E-state index is 6.25. The average molecular weight is 934 g/mol. The molecule has 0 N–H and O–H groups in total. The van der Waals surface area contributed by atoms with Crippen molar-refractivity contribution in [1.29, 1.82) is 94.7 Å². The molecule has 0 amide bonds. The number of rotatable bonds is 0. The van der Waals surface area contributed by atoms with Gasteiger partial charge in [-0.05, 0) is 0 Å². The average Bonchev–Trinajstić information content (AvgIpc) is 3.13. The second-order valence-corrected chi connectivity index (χ2v) is 0. The number of hydrogen-bond donors (Lipinski definition) is 0. The molecule has 0 aromatic rings. The first-order valence-corrected chi connectivity index (χ1v) is 4.02. The van der Waals surface area contributed by atoms with Crippen LogP contribution in [0.15, 0.2) is 0 Å². The molecule has 0 bridgehead atoms. The molecule has 0 aliphatic rings. The molecular weight excluding hydrogens is 934 g/mol. The third kappa shape index (κ3) is 4550. The Bertz CT molecular complexity index is 388. The summed E-state index contributed by atoms with van der Waals surface area (Å²) in [6.07, 6.45) is 0. The fraction of sp³-hybridized carbons (Fsp3) is 0. The molecule has 4 radical (unpaired) electrons. The van der Waals surface area contributed by atoms with Crippen LogP contribution >= 0.6 is 0 Å². The Hall–Kier alpha value is -3.62. The van der Waals surface area contributed by atoms with Crippen LogP contribution in [0.1, 0.15) is 0 Å². The molecule has 226 valence electrons. The van der Waals surface area contributed by atoms with Crippen molar-refractivity contribution in [3.8, 4) is 0 Å². The van der Waals surface area contributed by atoms with Crippen LogP contribution in [-0.2, 0) is 119 Å². The number of hydrogen-bond acceptors (Lipinski definition) is 18. The van der Waals surface area contributed by atoms with Gasteiger partial charge in [0.25, 0.3) is 0 Å². The Labute approximate surface area is 390 Å². The van der Waals surface area contributed by atoms with E-state index in [1.165, 1.54) is 0 Å². The van der Waals surface area contributed by atoms with Crippen LogP contribution in [0.3, 0.4) is 0 Å². The molecule has 0 fully saturated rings. The van der Waals surface area contributed by atoms with E-state index in [2.05, 4.69) is 0 Å². The van der Waals surface area contributed by atoms with Crippen molar-refractivity contribution in [2.24, 2.45) is 0 Å². The summed E-state index contributed by atoms with van der Waals surface area (Å²) in [4.78, 5) is 0. The second kappa shape index (κ2) is 4790. The predicted octanol–water partition coefficient (Wildman–Crippen LogP) is -4.27. The van der Waals surface area contributed by atoms with Crippen LogP contribution in [0.25, 0.3) is 0 Å². The zero-order valence-corrected chi connectivity index (χ0v) is 32.5. The fourth-order valence-electron chi connectivity index (χ4n) is 0. The third-order valence-corrected chi connectivity index (χ3v) is 0. The van der Waals surface area contributed by atoms with Gasteiger partial charge in [0.15, 0.2) is 0 Å². The Morgan fingerprint density at radius 1 is 0.156 bits per heavy atom. The molecule has 0 saturated carbocycles. The van der Waals surface area contributed by atoms with E-state index in [4.69, 9.17) is 213 Å². The fourth-order valence-corrected chi connectivity index (χ4v) is 0. The monoisotopic (exact) mass is 934 g/mol. The van der Waals surface area contributed by atoms with Gasteiger partial charge in [-0.2, -0.15) is 0 Å². The first-order chi connectivity index (χ1) is 18.0. The van der Waals surface area contributed by atoms with Crippen LogP contribution in [0.2, 0.25) is 0 Å². The molecule has 0 atom stereocenters. The molecule has 0 aliphatic heterocycles. The summed E-state index contributed by atoms with van der Waals surface area (Å²) in [5, 5.41) is 112. The zero-order chi connectivity index (χ0) is 36.0. The van der Waals surface area contributed by atoms with Crippen molar-refractivity contribution >= 4 is 0 Å². The van der Waals surface area contributed by atoms with E-state index in [1.54, 1.807) is 0 Å². The summed E-state index contributed by atoms with van der Waals surface area (Å²) in [7, 11) is 0. The van der Waals surface area contributed by atoms with Gasteiger partial charge in [0.1, 0.15) is 0 Å². The SMILES string of the molecule is [C-]#N.[C-]#N.[C-]#N.[C-]#N.[C-]#N.[C-]#N.[C-]#N.[C-]#N.[C-]#N.[C-]#N.[C-]#N.[C-]#N.[C-]#N.[C-]#N.[C-]#N.[C-]#N.[C-]#N.[C-]#N.[Cl-].[Fe+2].[Fe+2].[Fe+2].[Fe+3].[Fe+3].[Fe+3].[Fe+3].[K+]. The minimum absolute atomic E-state index is 0. The molecule has 0 aliphatic carbocycles. The number of nitrogens with zero attached hydrogens (tertiary/aromatic N) is 18. The second-order valence-electron chi connectivity index (χ2n) is 0. The molecular formula is C18ClFe7KN18. The van der Waals surface area contributed by atoms with Crippen LogP contribution in [0.4, 0.5) is 0 Å². The molecule has 0 rings (SSSR count). The largest absolute Gasteiger partial charge is 3.00 e. The maximum atomic E-state index is 6.25. The van der Waals surface area contributed by atoms with Crippen molar-refractivity contribution in [2.75, 3.05) is 0 Å². The van der Waals surface area contributed by atoms with Gasteiger partial charge < -0.3 is 225 Å². The number of halogens is 1. The van der Waals surface area contributed by atoms with Crippen molar-refractivity contribution in [3.63, 3.8) is 0 Å². The minimum atomic E-state index is 0. The van der Waals surface area contributed by atoms with E-state index >= 15 is 0 Å². The van der Waals surface area contributed by atoms with E-state index in [0.717, 1.165) is 0 Å². The predicted molar refractivity (Wildman–Crippen MR) is 89.4 cm³/mol. The van der Waals surface area contributed by atoms with Gasteiger partial charge in [-0.25, -0.2) is 0 Å². The van der Waals surface area contributed by atoms with Gasteiger partial charge in [0.05, 0.1) is 0 Å². The summed E-state index contributed by atoms with van der Waals surface area (Å²) in [5.74, 6) is 0. The summed E-state index contributed by atoms with van der Waals surface area (Å²) in [5.41, 5.74) is 0. The van der Waals surface area contributed by atoms with Crippen molar-refractivity contribution < 1.29 is 183 Å². The quantitative estimate of drug-likeness (QED) is 0.164. The molecule has 0 heterocycles. The third-order valence-electron chi connectivity index (χ3n) is 0. The maximum Gasteiger partial charge on any atom is 3.00 e. The Balaban J connectivity index is -0.00000000301. The van der Waals surface area contributed by atoms with Crippen LogP contribution in [0, 0.1) is 213 Å². The molecule has 0 aromatic heterocycles. The minimum Gasteiger partial charge on any atom is -1.00 e. The van der Waals surface area contributed by atoms with Crippen molar-refractivity contribution in [2.45, 2.75) is 0 Å². The van der Waals surface area contributed by atoms with Crippen LogP contribution in [0.5, 0.6) is 0 Å². The molecule has 27 heteroatoms. The van der Waals surface area contributed by atoms with Gasteiger partial charge in [-0.15, -0.1) is 0 Å². The van der Waals surface area contributed by atoms with Crippen molar-refractivity contribution in [3.05, 3.63) is 118 Å². The van der Waals surface area contributed by atoms with E-state index in [0.29, 0.717) is 0 Å². The van der Waals surface area contributed by atoms with Gasteiger partial charge >= 0.3 is 171 Å². The molecule has 18 nitrogen and oxygen atoms in total. The Morgan fingerprint density at radius 2 is 0.156 bits per heavy atom. The smallest absolute Gasteiger partial charge is 1.00 e. The summed E-state index contributed by atoms with van der Waals surface area (Å²) < 4.78 is 0. The topological polar surface area (TPSA) is 428 Å². The van der Waals surface area contributed by atoms with Gasteiger partial charge in [0, 0.05) is 0 Å². The first kappa shape index (κ1) is 326. The van der Waals surface area contributed by atoms with Gasteiger partial charge in [-0.1, -0.05) is 0 Å². The summed E-state index contributed by atoms with van der Waals surface area (Å²) in [6.45, 7) is 85.5. The van der Waals surface area contributed by atoms with Crippen LogP contribution < -0.4 is 63.8 Å². The van der Waals surface area contributed by atoms with E-state index in [9.17, 15) is 0 Å². The standard InChI is InChI=1S/18CN.ClH.7Fe.K/c18*1-2;;;;;;;;;/h;;;;;;;;;;;;;;;;;;1H;;;;;;;;/q18*-1;;3*+2;4*+3;+1/p-1. The van der Waals surface area contributed by atoms with Crippen LogP contribution in [-0.4, -0.2) is 0 Å². The Kier molecular flexibility index (Phi) is 34700. The van der Waals surface area contributed by atoms with E-state index < -0.39 is 0 Å². The van der Waals surface area contributed by atoms with Crippen molar-refractivity contribution in [1.82, 2.24) is 0 Å². The molecule has 0 aromatic carbocycles. The van der Waals surface area contributed by atoms with E-state index in [-0.39, 0.29) is 183 Å². The first-order valence-electron chi connectivity index (χ1n) is 4.02. The molecule has 45 heavy (non-hydrogen) atoms. The summed E-state index contributed by atoms with van der Waals surface area (Å²) in [6, 6.07) is 0. The molecule has 0 saturated heterocycles. The summed E-state index contributed by atoms with van der Waals surface area (Å²) >= 11 is 0. The Morgan fingerprint density at radius 3 is 0.156 bits per heavy atom. The molecule has 0 spiro atoms. The van der Waals surface area contributed by atoms with Gasteiger partial charge in [-0.3, -0.25) is 0 Å². The molecule has 0 unspecified atom stereocenters. The normalized spacial score (nSPS) is 0.800. The zero-order valence-electron chi connectivity index (χ0n) is 20.9. The van der Waals surface area contributed by atoms with E-state index in [1.807, 2.05) is 0 Å². The van der Waals surface area contributed by atoms with Gasteiger partial charge in [0.2, 0.25) is 0 Å².